The van der Waals surface area contributed by atoms with Crippen molar-refractivity contribution in [2.24, 2.45) is 0 Å². The Morgan fingerprint density at radius 1 is 1.13 bits per heavy atom. The van der Waals surface area contributed by atoms with Crippen molar-refractivity contribution in [1.82, 2.24) is 4.57 Å². The molecule has 0 saturated carbocycles. The number of aryl methyl sites for hydroxylation is 1. The number of nitriles is 1. The third-order valence-electron chi connectivity index (χ3n) is 4.10. The zero-order valence-corrected chi connectivity index (χ0v) is 15.0. The Balaban J connectivity index is 0.00000192. The smallest absolute Gasteiger partial charge is 0.245 e. The van der Waals surface area contributed by atoms with Crippen molar-refractivity contribution in [3.63, 3.8) is 0 Å². The minimum absolute atomic E-state index is 0. The molecular weight excluding hydrogens is 350 g/mol. The molecule has 3 nitrogen and oxygen atoms in total. The van der Waals surface area contributed by atoms with Gasteiger partial charge in [0, 0.05) is 5.56 Å². The van der Waals surface area contributed by atoms with E-state index in [-0.39, 0.29) is 23.0 Å². The van der Waals surface area contributed by atoms with Gasteiger partial charge in [0.25, 0.3) is 0 Å². The van der Waals surface area contributed by atoms with Crippen LogP contribution in [0.2, 0.25) is 0 Å². The Morgan fingerprint density at radius 2 is 1.87 bits per heavy atom. The van der Waals surface area contributed by atoms with Crippen LogP contribution in [-0.2, 0) is 6.54 Å². The van der Waals surface area contributed by atoms with Crippen molar-refractivity contribution in [2.75, 3.05) is 0 Å². The molecule has 0 aliphatic rings. The first kappa shape index (κ1) is 17.2. The molecule has 0 amide bonds. The largest absolute Gasteiger partial charge is 1.00 e. The quantitative estimate of drug-likeness (QED) is 0.625. The summed E-state index contributed by atoms with van der Waals surface area (Å²) in [6, 6.07) is 19.3. The number of benzene rings is 2. The molecule has 1 aromatic heterocycles. The second kappa shape index (κ2) is 7.43. The van der Waals surface area contributed by atoms with Crippen molar-refractivity contribution in [3.8, 4) is 6.07 Å². The Morgan fingerprint density at radius 3 is 2.57 bits per heavy atom. The normalized spacial score (nSPS) is 11.7. The van der Waals surface area contributed by atoms with Gasteiger partial charge in [-0.3, -0.25) is 0 Å². The van der Waals surface area contributed by atoms with Crippen LogP contribution in [0.3, 0.4) is 0 Å². The second-order valence-electron chi connectivity index (χ2n) is 5.79. The average Bonchev–Trinajstić information content (AvgIpc) is 2.89. The fraction of sp³-hybridized carbons (Fsp3) is 0.263. The van der Waals surface area contributed by atoms with Gasteiger partial charge in [0.15, 0.2) is 11.0 Å². The molecule has 4 heteroatoms. The summed E-state index contributed by atoms with van der Waals surface area (Å²) in [5, 5.41) is 9.00. The molecule has 0 radical (unpaired) electrons. The van der Waals surface area contributed by atoms with Gasteiger partial charge in [-0.15, -0.1) is 0 Å². The maximum Gasteiger partial charge on any atom is 0.245 e. The molecule has 3 rings (SSSR count). The number of fused-ring (bicyclic) bond motifs is 1. The first-order valence-corrected chi connectivity index (χ1v) is 7.61. The molecule has 0 fully saturated rings. The van der Waals surface area contributed by atoms with Crippen LogP contribution in [0.1, 0.15) is 30.5 Å². The van der Waals surface area contributed by atoms with Crippen LogP contribution >= 0.6 is 0 Å². The van der Waals surface area contributed by atoms with E-state index in [9.17, 15) is 0 Å². The minimum Gasteiger partial charge on any atom is -1.00 e. The van der Waals surface area contributed by atoms with Gasteiger partial charge in [-0.25, -0.2) is 9.13 Å². The standard InChI is InChI=1S/C19H20N3.BrH/c1-15-7-6-10-18-19(15)21(13-17-8-4-3-5-9-17)14-22(18)16(2)11-12-20;/h3-10,14,16H,11,13H2,1-2H3;1H/q+1;/p-1. The van der Waals surface area contributed by atoms with Crippen molar-refractivity contribution >= 4 is 11.0 Å². The summed E-state index contributed by atoms with van der Waals surface area (Å²) in [6.07, 6.45) is 2.66. The molecular formula is C19H20BrN3. The van der Waals surface area contributed by atoms with E-state index >= 15 is 0 Å². The highest BCUT2D eigenvalue weighted by atomic mass is 79.9. The lowest BCUT2D eigenvalue weighted by atomic mass is 10.1. The van der Waals surface area contributed by atoms with Crippen molar-refractivity contribution in [2.45, 2.75) is 32.9 Å². The molecule has 2 aromatic carbocycles. The molecule has 118 valence electrons. The van der Waals surface area contributed by atoms with Crippen LogP contribution in [-0.4, -0.2) is 4.57 Å². The van der Waals surface area contributed by atoms with Crippen LogP contribution in [0.25, 0.3) is 11.0 Å². The highest BCUT2D eigenvalue weighted by Gasteiger charge is 2.21. The summed E-state index contributed by atoms with van der Waals surface area (Å²) in [6.45, 7) is 5.08. The van der Waals surface area contributed by atoms with E-state index in [1.807, 2.05) is 6.07 Å². The number of rotatable bonds is 4. The monoisotopic (exact) mass is 369 g/mol. The number of aromatic nitrogens is 2. The van der Waals surface area contributed by atoms with Gasteiger partial charge in [-0.2, -0.15) is 5.26 Å². The van der Waals surface area contributed by atoms with Crippen molar-refractivity contribution in [1.29, 1.82) is 5.26 Å². The van der Waals surface area contributed by atoms with Gasteiger partial charge in [0.2, 0.25) is 6.33 Å². The lowest BCUT2D eigenvalue weighted by molar-refractivity contribution is -0.663. The Kier molecular flexibility index (Phi) is 5.57. The van der Waals surface area contributed by atoms with E-state index in [1.165, 1.54) is 22.2 Å². The Bertz CT molecular complexity index is 831. The zero-order valence-electron chi connectivity index (χ0n) is 13.4. The van der Waals surface area contributed by atoms with E-state index in [2.05, 4.69) is 77.8 Å². The third-order valence-corrected chi connectivity index (χ3v) is 4.10. The first-order chi connectivity index (χ1) is 10.7. The molecule has 3 aromatic rings. The van der Waals surface area contributed by atoms with Gasteiger partial charge in [-0.05, 0) is 25.5 Å². The van der Waals surface area contributed by atoms with Crippen molar-refractivity contribution < 1.29 is 21.5 Å². The zero-order chi connectivity index (χ0) is 15.5. The number of imidazole rings is 1. The highest BCUT2D eigenvalue weighted by molar-refractivity contribution is 5.75. The number of para-hydroxylation sites is 1. The van der Waals surface area contributed by atoms with E-state index in [1.54, 1.807) is 0 Å². The molecule has 1 heterocycles. The summed E-state index contributed by atoms with van der Waals surface area (Å²) in [7, 11) is 0. The molecule has 0 bridgehead atoms. The molecule has 0 aliphatic carbocycles. The Labute approximate surface area is 147 Å². The fourth-order valence-electron chi connectivity index (χ4n) is 2.98. The number of hydrogen-bond acceptors (Lipinski definition) is 1. The maximum absolute atomic E-state index is 9.00. The predicted octanol–water partition coefficient (Wildman–Crippen LogP) is 0.764. The number of hydrogen-bond donors (Lipinski definition) is 0. The van der Waals surface area contributed by atoms with Gasteiger partial charge < -0.3 is 17.0 Å². The van der Waals surface area contributed by atoms with Crippen LogP contribution in [0.4, 0.5) is 0 Å². The highest BCUT2D eigenvalue weighted by Crippen LogP contribution is 2.21. The molecule has 0 spiro atoms. The van der Waals surface area contributed by atoms with E-state index in [0.717, 1.165) is 6.54 Å². The summed E-state index contributed by atoms with van der Waals surface area (Å²) >= 11 is 0. The summed E-state index contributed by atoms with van der Waals surface area (Å²) in [5.41, 5.74) is 4.98. The fourth-order valence-corrected chi connectivity index (χ4v) is 2.98. The van der Waals surface area contributed by atoms with E-state index in [0.29, 0.717) is 6.42 Å². The summed E-state index contributed by atoms with van der Waals surface area (Å²) < 4.78 is 4.50. The molecule has 1 atom stereocenters. The summed E-state index contributed by atoms with van der Waals surface area (Å²) in [4.78, 5) is 0. The van der Waals surface area contributed by atoms with Gasteiger partial charge >= 0.3 is 0 Å². The topological polar surface area (TPSA) is 32.6 Å². The van der Waals surface area contributed by atoms with Gasteiger partial charge in [0.05, 0.1) is 12.5 Å². The van der Waals surface area contributed by atoms with Crippen LogP contribution in [0.5, 0.6) is 0 Å². The van der Waals surface area contributed by atoms with Crippen molar-refractivity contribution in [3.05, 3.63) is 66.0 Å². The average molecular weight is 370 g/mol. The first-order valence-electron chi connectivity index (χ1n) is 7.61. The number of nitrogens with zero attached hydrogens (tertiary/aromatic N) is 3. The Hall–Kier alpha value is -2.12. The van der Waals surface area contributed by atoms with Gasteiger partial charge in [0.1, 0.15) is 12.6 Å². The third kappa shape index (κ3) is 3.46. The molecule has 1 unspecified atom stereocenters. The van der Waals surface area contributed by atoms with E-state index in [4.69, 9.17) is 5.26 Å². The summed E-state index contributed by atoms with van der Waals surface area (Å²) in [5.74, 6) is 0. The molecule has 23 heavy (non-hydrogen) atoms. The molecule has 0 aliphatic heterocycles. The predicted molar refractivity (Wildman–Crippen MR) is 87.4 cm³/mol. The van der Waals surface area contributed by atoms with Gasteiger partial charge in [-0.1, -0.05) is 42.5 Å². The lowest BCUT2D eigenvalue weighted by Gasteiger charge is -2.03. The molecule has 0 saturated heterocycles. The maximum atomic E-state index is 9.00. The lowest BCUT2D eigenvalue weighted by Crippen LogP contribution is -3.00. The molecule has 0 N–H and O–H groups in total. The van der Waals surface area contributed by atoms with Crippen LogP contribution < -0.4 is 21.5 Å². The van der Waals surface area contributed by atoms with Crippen LogP contribution in [0, 0.1) is 18.3 Å². The van der Waals surface area contributed by atoms with E-state index < -0.39 is 0 Å². The minimum atomic E-state index is 0. The number of halogens is 1. The SMILES string of the molecule is Cc1cccc2c1[n+](Cc1ccccc1)cn2C(C)CC#N.[Br-]. The second-order valence-corrected chi connectivity index (χ2v) is 5.79. The van der Waals surface area contributed by atoms with Crippen LogP contribution in [0.15, 0.2) is 54.9 Å².